The number of ether oxygens (including phenoxy) is 3. The standard InChI is InChI=1S/C40H61NO7/c1-6-7-8-9-10-11-12-13-14-15-16-17-18-19-20-21-34(43)46-30(3)38(44)47-33-24-25-40(45)31(4)41(5)27-26-39(40)35-29(2)22-23-32(28-42)36(35)48-37(33)39/h13-14,22-24,30-31,37,42,45H,6-12,15-21,25-28H2,1-5H3/b14-13-/t30-,31+,37-,39-,40+/m0/s1. The SMILES string of the molecule is CCCCCCCC/C=C\CCCCCCCC(=O)O[C@@H](C)C(=O)OC1=CC[C@@]2(O)[C@@H](C)N(C)CC[C@@]23c2c(C)ccc(CO)c2O[C@@H]13. The number of likely N-dealkylation sites (N-methyl/N-ethyl adjacent to an activating group) is 1. The molecule has 0 aromatic heterocycles. The van der Waals surface area contributed by atoms with Crippen LogP contribution in [0.3, 0.4) is 0 Å². The van der Waals surface area contributed by atoms with Crippen molar-refractivity contribution in [3.8, 4) is 5.75 Å². The van der Waals surface area contributed by atoms with Crippen LogP contribution in [0, 0.1) is 6.92 Å². The molecule has 2 heterocycles. The van der Waals surface area contributed by atoms with E-state index in [1.807, 2.05) is 33.0 Å². The summed E-state index contributed by atoms with van der Waals surface area (Å²) in [7, 11) is 2.00. The van der Waals surface area contributed by atoms with Gasteiger partial charge in [0.05, 0.1) is 17.6 Å². The van der Waals surface area contributed by atoms with E-state index >= 15 is 0 Å². The second kappa shape index (κ2) is 17.8. The highest BCUT2D eigenvalue weighted by Crippen LogP contribution is 2.61. The van der Waals surface area contributed by atoms with E-state index in [9.17, 15) is 19.8 Å². The number of esters is 2. The predicted octanol–water partition coefficient (Wildman–Crippen LogP) is 7.74. The summed E-state index contributed by atoms with van der Waals surface area (Å²) in [6, 6.07) is 3.60. The largest absolute Gasteiger partial charge is 0.481 e. The molecule has 2 N–H and O–H groups in total. The van der Waals surface area contributed by atoms with Gasteiger partial charge in [-0.3, -0.25) is 4.79 Å². The predicted molar refractivity (Wildman–Crippen MR) is 189 cm³/mol. The van der Waals surface area contributed by atoms with Gasteiger partial charge in [0.25, 0.3) is 0 Å². The Hall–Kier alpha value is -2.68. The summed E-state index contributed by atoms with van der Waals surface area (Å²) in [4.78, 5) is 28.0. The molecule has 1 aliphatic carbocycles. The topological polar surface area (TPSA) is 106 Å². The van der Waals surface area contributed by atoms with E-state index < -0.39 is 35.2 Å². The van der Waals surface area contributed by atoms with Crippen molar-refractivity contribution in [1.82, 2.24) is 4.90 Å². The summed E-state index contributed by atoms with van der Waals surface area (Å²) in [5.41, 5.74) is 0.425. The Morgan fingerprint density at radius 1 is 1.04 bits per heavy atom. The molecule has 4 rings (SSSR count). The Balaban J connectivity index is 1.23. The fourth-order valence-corrected chi connectivity index (χ4v) is 8.04. The van der Waals surface area contributed by atoms with E-state index in [4.69, 9.17) is 14.2 Å². The molecule has 8 heteroatoms. The lowest BCUT2D eigenvalue weighted by Crippen LogP contribution is -2.71. The van der Waals surface area contributed by atoms with Gasteiger partial charge in [-0.05, 0) is 84.5 Å². The fraction of sp³-hybridized carbons (Fsp3) is 0.700. The molecule has 3 aliphatic rings. The number of likely N-dealkylation sites (tertiary alicyclic amines) is 1. The minimum atomic E-state index is -1.19. The maximum absolute atomic E-state index is 13.3. The Morgan fingerprint density at radius 3 is 2.35 bits per heavy atom. The molecule has 1 aromatic carbocycles. The Bertz CT molecular complexity index is 1290. The van der Waals surface area contributed by atoms with Crippen molar-refractivity contribution in [2.75, 3.05) is 13.6 Å². The second-order valence-corrected chi connectivity index (χ2v) is 14.4. The molecule has 0 radical (unpaired) electrons. The number of allylic oxidation sites excluding steroid dienone is 2. The molecule has 0 unspecified atom stereocenters. The Labute approximate surface area is 288 Å². The maximum Gasteiger partial charge on any atom is 0.352 e. The average molecular weight is 668 g/mol. The van der Waals surface area contributed by atoms with E-state index in [-0.39, 0.29) is 25.5 Å². The van der Waals surface area contributed by atoms with Crippen molar-refractivity contribution >= 4 is 11.9 Å². The third-order valence-electron chi connectivity index (χ3n) is 11.1. The van der Waals surface area contributed by atoms with Crippen molar-refractivity contribution in [3.63, 3.8) is 0 Å². The molecule has 2 aliphatic heterocycles. The summed E-state index contributed by atoms with van der Waals surface area (Å²) in [6.07, 6.45) is 21.1. The normalized spacial score (nSPS) is 25.5. The van der Waals surface area contributed by atoms with Crippen LogP contribution in [0.2, 0.25) is 0 Å². The van der Waals surface area contributed by atoms with Crippen molar-refractivity contribution in [1.29, 1.82) is 0 Å². The number of rotatable bonds is 19. The maximum atomic E-state index is 13.3. The van der Waals surface area contributed by atoms with Gasteiger partial charge in [0, 0.05) is 30.0 Å². The minimum Gasteiger partial charge on any atom is -0.481 e. The van der Waals surface area contributed by atoms with Gasteiger partial charge < -0.3 is 29.3 Å². The summed E-state index contributed by atoms with van der Waals surface area (Å²) < 4.78 is 17.9. The zero-order valence-corrected chi connectivity index (χ0v) is 30.2. The first-order valence-corrected chi connectivity index (χ1v) is 18.7. The summed E-state index contributed by atoms with van der Waals surface area (Å²) in [6.45, 7) is 8.31. The number of unbranched alkanes of at least 4 members (excludes halogenated alkanes) is 11. The smallest absolute Gasteiger partial charge is 0.352 e. The highest BCUT2D eigenvalue weighted by atomic mass is 16.6. The lowest BCUT2D eigenvalue weighted by Gasteiger charge is -2.58. The number of carbonyl (C=O) groups excluding carboxylic acids is 2. The third kappa shape index (κ3) is 8.36. The lowest BCUT2D eigenvalue weighted by molar-refractivity contribution is -0.171. The molecule has 268 valence electrons. The van der Waals surface area contributed by atoms with Crippen molar-refractivity contribution in [2.45, 2.75) is 166 Å². The third-order valence-corrected chi connectivity index (χ3v) is 11.1. The highest BCUT2D eigenvalue weighted by molar-refractivity contribution is 5.80. The van der Waals surface area contributed by atoms with E-state index in [2.05, 4.69) is 24.0 Å². The van der Waals surface area contributed by atoms with Gasteiger partial charge in [-0.1, -0.05) is 82.6 Å². The van der Waals surface area contributed by atoms with Gasteiger partial charge in [0.15, 0.2) is 12.2 Å². The zero-order valence-electron chi connectivity index (χ0n) is 30.2. The quantitative estimate of drug-likeness (QED) is 0.0877. The van der Waals surface area contributed by atoms with E-state index in [0.717, 1.165) is 49.8 Å². The molecule has 5 atom stereocenters. The molecular formula is C40H61NO7. The van der Waals surface area contributed by atoms with Gasteiger partial charge in [-0.25, -0.2) is 4.79 Å². The molecule has 48 heavy (non-hydrogen) atoms. The molecule has 0 amide bonds. The van der Waals surface area contributed by atoms with Gasteiger partial charge in [0.1, 0.15) is 11.5 Å². The number of hydrogen-bond acceptors (Lipinski definition) is 8. The monoisotopic (exact) mass is 667 g/mol. The number of fused-ring (bicyclic) bond motifs is 1. The van der Waals surface area contributed by atoms with Crippen molar-refractivity contribution in [2.24, 2.45) is 0 Å². The number of nitrogens with zero attached hydrogens (tertiary/aromatic N) is 1. The fourth-order valence-electron chi connectivity index (χ4n) is 8.04. The number of aliphatic hydroxyl groups is 2. The van der Waals surface area contributed by atoms with Crippen LogP contribution in [0.5, 0.6) is 5.75 Å². The summed E-state index contributed by atoms with van der Waals surface area (Å²) >= 11 is 0. The van der Waals surface area contributed by atoms with Gasteiger partial charge in [-0.15, -0.1) is 0 Å². The van der Waals surface area contributed by atoms with Crippen LogP contribution in [-0.2, 0) is 31.1 Å². The number of aryl methyl sites for hydroxylation is 1. The zero-order chi connectivity index (χ0) is 34.7. The van der Waals surface area contributed by atoms with E-state index in [1.165, 1.54) is 58.3 Å². The highest BCUT2D eigenvalue weighted by Gasteiger charge is 2.69. The summed E-state index contributed by atoms with van der Waals surface area (Å²) in [5, 5.41) is 22.5. The minimum absolute atomic E-state index is 0.189. The molecule has 0 bridgehead atoms. The van der Waals surface area contributed by atoms with Crippen molar-refractivity contribution in [3.05, 3.63) is 52.8 Å². The molecule has 1 spiro atoms. The molecule has 0 saturated carbocycles. The van der Waals surface area contributed by atoms with E-state index in [1.54, 1.807) is 6.08 Å². The first-order chi connectivity index (χ1) is 23.1. The van der Waals surface area contributed by atoms with Crippen LogP contribution >= 0.6 is 0 Å². The number of benzene rings is 1. The lowest BCUT2D eigenvalue weighted by atomic mass is 9.54. The van der Waals surface area contributed by atoms with Crippen LogP contribution in [0.1, 0.15) is 140 Å². The molecule has 8 nitrogen and oxygen atoms in total. The van der Waals surface area contributed by atoms with Crippen LogP contribution in [0.25, 0.3) is 0 Å². The molecule has 1 saturated heterocycles. The van der Waals surface area contributed by atoms with Crippen molar-refractivity contribution < 1.29 is 34.0 Å². The second-order valence-electron chi connectivity index (χ2n) is 14.4. The number of aliphatic hydroxyl groups excluding tert-OH is 1. The van der Waals surface area contributed by atoms with Gasteiger partial charge in [0.2, 0.25) is 0 Å². The van der Waals surface area contributed by atoms with Crippen LogP contribution in [0.4, 0.5) is 0 Å². The van der Waals surface area contributed by atoms with Gasteiger partial charge in [-0.2, -0.15) is 0 Å². The Morgan fingerprint density at radius 2 is 1.69 bits per heavy atom. The molecular weight excluding hydrogens is 606 g/mol. The molecule has 1 aromatic rings. The van der Waals surface area contributed by atoms with Crippen LogP contribution < -0.4 is 4.74 Å². The number of carbonyl (C=O) groups is 2. The first-order valence-electron chi connectivity index (χ1n) is 18.7. The Kier molecular flexibility index (Phi) is 14.2. The molecule has 1 fully saturated rings. The number of hydrogen-bond donors (Lipinski definition) is 2. The van der Waals surface area contributed by atoms with Gasteiger partial charge >= 0.3 is 11.9 Å². The van der Waals surface area contributed by atoms with Crippen LogP contribution in [0.15, 0.2) is 36.1 Å². The summed E-state index contributed by atoms with van der Waals surface area (Å²) in [5.74, 6) is -0.196. The first kappa shape index (κ1) is 38.1. The average Bonchev–Trinajstić information content (AvgIpc) is 3.44. The van der Waals surface area contributed by atoms with E-state index in [0.29, 0.717) is 23.5 Å². The number of piperidine rings is 1. The van der Waals surface area contributed by atoms with Crippen LogP contribution in [-0.4, -0.2) is 64.5 Å².